The fourth-order valence-corrected chi connectivity index (χ4v) is 1.48. The van der Waals surface area contributed by atoms with Crippen molar-refractivity contribution in [3.05, 3.63) is 17.5 Å². The SMILES string of the molecule is COC(=O)c1c(C#CCSC(C)=O)cnn1C. The van der Waals surface area contributed by atoms with Gasteiger partial charge in [-0.1, -0.05) is 23.6 Å². The summed E-state index contributed by atoms with van der Waals surface area (Å²) in [6.07, 6.45) is 1.50. The van der Waals surface area contributed by atoms with Gasteiger partial charge in [-0.05, 0) is 0 Å². The van der Waals surface area contributed by atoms with Crippen LogP contribution in [0.25, 0.3) is 0 Å². The summed E-state index contributed by atoms with van der Waals surface area (Å²) < 4.78 is 6.04. The Hall–Kier alpha value is -1.74. The first-order chi connectivity index (χ1) is 8.06. The number of nitrogens with zero attached hydrogens (tertiary/aromatic N) is 2. The number of carbonyl (C=O) groups excluding carboxylic acids is 2. The number of thioether (sulfide) groups is 1. The fraction of sp³-hybridized carbons (Fsp3) is 0.364. The lowest BCUT2D eigenvalue weighted by Crippen LogP contribution is -2.09. The van der Waals surface area contributed by atoms with Crippen LogP contribution >= 0.6 is 11.8 Å². The molecule has 0 atom stereocenters. The van der Waals surface area contributed by atoms with Crippen molar-refractivity contribution >= 4 is 22.8 Å². The van der Waals surface area contributed by atoms with Crippen molar-refractivity contribution in [2.75, 3.05) is 12.9 Å². The molecule has 0 saturated carbocycles. The third-order valence-electron chi connectivity index (χ3n) is 1.89. The van der Waals surface area contributed by atoms with Gasteiger partial charge in [0.1, 0.15) is 0 Å². The third kappa shape index (κ3) is 3.64. The zero-order chi connectivity index (χ0) is 12.8. The van der Waals surface area contributed by atoms with E-state index in [1.54, 1.807) is 7.05 Å². The molecule has 0 saturated heterocycles. The second kappa shape index (κ2) is 6.11. The average Bonchev–Trinajstić information content (AvgIpc) is 2.65. The normalized spacial score (nSPS) is 9.35. The summed E-state index contributed by atoms with van der Waals surface area (Å²) in [4.78, 5) is 22.1. The molecule has 0 amide bonds. The van der Waals surface area contributed by atoms with E-state index in [2.05, 4.69) is 21.7 Å². The molecule has 1 rings (SSSR count). The minimum absolute atomic E-state index is 0.0127. The molecule has 90 valence electrons. The van der Waals surface area contributed by atoms with Crippen LogP contribution in [0.1, 0.15) is 23.0 Å². The Kier molecular flexibility index (Phi) is 4.79. The maximum atomic E-state index is 11.4. The summed E-state index contributed by atoms with van der Waals surface area (Å²) in [5, 5.41) is 3.95. The maximum absolute atomic E-state index is 11.4. The lowest BCUT2D eigenvalue weighted by atomic mass is 10.2. The van der Waals surface area contributed by atoms with E-state index in [-0.39, 0.29) is 5.12 Å². The van der Waals surface area contributed by atoms with Crippen LogP contribution in [-0.2, 0) is 16.6 Å². The van der Waals surface area contributed by atoms with Crippen LogP contribution in [0, 0.1) is 11.8 Å². The second-order valence-electron chi connectivity index (χ2n) is 3.10. The Morgan fingerprint density at radius 1 is 1.59 bits per heavy atom. The van der Waals surface area contributed by atoms with Gasteiger partial charge in [0.25, 0.3) is 0 Å². The van der Waals surface area contributed by atoms with Crippen molar-refractivity contribution in [3.8, 4) is 11.8 Å². The minimum Gasteiger partial charge on any atom is -0.464 e. The van der Waals surface area contributed by atoms with Crippen molar-refractivity contribution in [1.82, 2.24) is 9.78 Å². The Morgan fingerprint density at radius 3 is 2.88 bits per heavy atom. The van der Waals surface area contributed by atoms with E-state index in [0.29, 0.717) is 17.0 Å². The van der Waals surface area contributed by atoms with Gasteiger partial charge in [0, 0.05) is 14.0 Å². The predicted octanol–water partition coefficient (Wildman–Crippen LogP) is 0.838. The first-order valence-corrected chi connectivity index (χ1v) is 5.77. The van der Waals surface area contributed by atoms with Crippen LogP contribution in [0.2, 0.25) is 0 Å². The van der Waals surface area contributed by atoms with E-state index in [0.717, 1.165) is 11.8 Å². The summed E-state index contributed by atoms with van der Waals surface area (Å²) in [5.41, 5.74) is 0.816. The van der Waals surface area contributed by atoms with Gasteiger partial charge in [-0.3, -0.25) is 9.48 Å². The van der Waals surface area contributed by atoms with Crippen LogP contribution in [0.4, 0.5) is 0 Å². The van der Waals surface area contributed by atoms with E-state index < -0.39 is 5.97 Å². The predicted molar refractivity (Wildman–Crippen MR) is 64.6 cm³/mol. The Balaban J connectivity index is 2.84. The van der Waals surface area contributed by atoms with Crippen molar-refractivity contribution in [1.29, 1.82) is 0 Å². The van der Waals surface area contributed by atoms with E-state index in [9.17, 15) is 9.59 Å². The number of ether oxygens (including phenoxy) is 1. The number of hydrogen-bond donors (Lipinski definition) is 0. The molecule has 0 aliphatic heterocycles. The Morgan fingerprint density at radius 2 is 2.29 bits per heavy atom. The largest absolute Gasteiger partial charge is 0.464 e. The molecule has 0 aliphatic rings. The van der Waals surface area contributed by atoms with Gasteiger partial charge in [0.05, 0.1) is 24.6 Å². The molecular weight excluding hydrogens is 240 g/mol. The summed E-state index contributed by atoms with van der Waals surface area (Å²) >= 11 is 1.12. The zero-order valence-electron chi connectivity index (χ0n) is 9.81. The van der Waals surface area contributed by atoms with Gasteiger partial charge >= 0.3 is 5.97 Å². The third-order valence-corrected chi connectivity index (χ3v) is 2.58. The number of esters is 1. The summed E-state index contributed by atoms with van der Waals surface area (Å²) in [6, 6.07) is 0. The van der Waals surface area contributed by atoms with E-state index in [1.165, 1.54) is 24.9 Å². The van der Waals surface area contributed by atoms with E-state index in [1.807, 2.05) is 0 Å². The fourth-order valence-electron chi connectivity index (χ4n) is 1.14. The molecule has 0 radical (unpaired) electrons. The monoisotopic (exact) mass is 252 g/mol. The first kappa shape index (κ1) is 13.3. The van der Waals surface area contributed by atoms with Crippen LogP contribution in [-0.4, -0.2) is 33.7 Å². The summed E-state index contributed by atoms with van der Waals surface area (Å²) in [7, 11) is 2.94. The molecule has 5 nitrogen and oxygen atoms in total. The average molecular weight is 252 g/mol. The molecule has 17 heavy (non-hydrogen) atoms. The highest BCUT2D eigenvalue weighted by Crippen LogP contribution is 2.07. The molecule has 1 heterocycles. The molecule has 0 aromatic carbocycles. The van der Waals surface area contributed by atoms with Gasteiger partial charge in [0.2, 0.25) is 0 Å². The number of aryl methyl sites for hydroxylation is 1. The number of aromatic nitrogens is 2. The Labute approximate surface area is 104 Å². The highest BCUT2D eigenvalue weighted by molar-refractivity contribution is 8.13. The minimum atomic E-state index is -0.478. The number of methoxy groups -OCH3 is 1. The smallest absolute Gasteiger partial charge is 0.357 e. The molecule has 0 bridgehead atoms. The second-order valence-corrected chi connectivity index (χ2v) is 4.26. The van der Waals surface area contributed by atoms with E-state index >= 15 is 0 Å². The lowest BCUT2D eigenvalue weighted by molar-refractivity contribution is -0.109. The van der Waals surface area contributed by atoms with Crippen molar-refractivity contribution in [3.63, 3.8) is 0 Å². The van der Waals surface area contributed by atoms with Gasteiger partial charge < -0.3 is 4.74 Å². The number of rotatable bonds is 2. The number of carbonyl (C=O) groups is 2. The number of hydrogen-bond acceptors (Lipinski definition) is 5. The summed E-state index contributed by atoms with van der Waals surface area (Å²) in [6.45, 7) is 1.48. The molecule has 0 aliphatic carbocycles. The van der Waals surface area contributed by atoms with Crippen LogP contribution in [0.15, 0.2) is 6.20 Å². The van der Waals surface area contributed by atoms with E-state index in [4.69, 9.17) is 0 Å². The molecule has 1 aromatic heterocycles. The highest BCUT2D eigenvalue weighted by atomic mass is 32.2. The van der Waals surface area contributed by atoms with Gasteiger partial charge in [0.15, 0.2) is 10.8 Å². The molecule has 0 N–H and O–H groups in total. The van der Waals surface area contributed by atoms with Gasteiger partial charge in [-0.2, -0.15) is 5.10 Å². The maximum Gasteiger partial charge on any atom is 0.357 e. The molecule has 0 fully saturated rings. The summed E-state index contributed by atoms with van der Waals surface area (Å²) in [5.74, 6) is 5.51. The van der Waals surface area contributed by atoms with Crippen molar-refractivity contribution < 1.29 is 14.3 Å². The van der Waals surface area contributed by atoms with Crippen molar-refractivity contribution in [2.24, 2.45) is 7.05 Å². The topological polar surface area (TPSA) is 61.2 Å². The van der Waals surface area contributed by atoms with Crippen LogP contribution in [0.3, 0.4) is 0 Å². The molecule has 0 spiro atoms. The van der Waals surface area contributed by atoms with Crippen LogP contribution in [0.5, 0.6) is 0 Å². The molecule has 1 aromatic rings. The standard InChI is InChI=1S/C11H12N2O3S/c1-8(14)17-6-4-5-9-7-12-13(2)10(9)11(15)16-3/h7H,6H2,1-3H3. The highest BCUT2D eigenvalue weighted by Gasteiger charge is 2.15. The van der Waals surface area contributed by atoms with Gasteiger partial charge in [-0.25, -0.2) is 4.79 Å². The van der Waals surface area contributed by atoms with Crippen molar-refractivity contribution in [2.45, 2.75) is 6.92 Å². The zero-order valence-corrected chi connectivity index (χ0v) is 10.6. The van der Waals surface area contributed by atoms with Crippen LogP contribution < -0.4 is 0 Å². The van der Waals surface area contributed by atoms with Gasteiger partial charge in [-0.15, -0.1) is 0 Å². The quantitative estimate of drug-likeness (QED) is 0.576. The molecule has 0 unspecified atom stereocenters. The molecular formula is C11H12N2O3S. The first-order valence-electron chi connectivity index (χ1n) is 4.78. The lowest BCUT2D eigenvalue weighted by Gasteiger charge is -1.99. The Bertz CT molecular complexity index is 497. The molecule has 6 heteroatoms.